The quantitative estimate of drug-likeness (QED) is 0.388. The molecule has 2 aromatic rings. The minimum absolute atomic E-state index is 0.00245. The number of ether oxygens (including phenoxy) is 1. The Morgan fingerprint density at radius 1 is 1.13 bits per heavy atom. The van der Waals surface area contributed by atoms with Crippen molar-refractivity contribution >= 4 is 24.1 Å². The summed E-state index contributed by atoms with van der Waals surface area (Å²) in [5.74, 6) is -0.00339. The van der Waals surface area contributed by atoms with Crippen molar-refractivity contribution in [1.29, 1.82) is 0 Å². The fourth-order valence-electron chi connectivity index (χ4n) is 2.97. The van der Waals surface area contributed by atoms with Crippen LogP contribution in [-0.2, 0) is 16.2 Å². The van der Waals surface area contributed by atoms with E-state index in [1.54, 1.807) is 13.8 Å². The average Bonchev–Trinajstić information content (AvgIpc) is 2.93. The molecule has 0 bridgehead atoms. The second-order valence-corrected chi connectivity index (χ2v) is 7.90. The highest BCUT2D eigenvalue weighted by atomic mass is 16.5. The average molecular weight is 422 g/mol. The molecule has 0 aromatic heterocycles. The summed E-state index contributed by atoms with van der Waals surface area (Å²) < 4.78 is 5.76. The lowest BCUT2D eigenvalue weighted by molar-refractivity contribution is -0.130. The number of hydrazone groups is 1. The van der Waals surface area contributed by atoms with E-state index in [1.165, 1.54) is 11.8 Å². The third-order valence-corrected chi connectivity index (χ3v) is 4.82. The van der Waals surface area contributed by atoms with Crippen LogP contribution in [0.15, 0.2) is 53.6 Å². The number of nitrogens with zero attached hydrogens (tertiary/aromatic N) is 2. The van der Waals surface area contributed by atoms with Crippen molar-refractivity contribution in [2.24, 2.45) is 5.10 Å². The van der Waals surface area contributed by atoms with E-state index >= 15 is 0 Å². The molecule has 0 unspecified atom stereocenters. The summed E-state index contributed by atoms with van der Waals surface area (Å²) in [4.78, 5) is 36.9. The first-order valence-electron chi connectivity index (χ1n) is 9.99. The van der Waals surface area contributed by atoms with E-state index in [4.69, 9.17) is 4.74 Å². The van der Waals surface area contributed by atoms with Crippen LogP contribution < -0.4 is 15.5 Å². The molecule has 4 amide bonds. The van der Waals surface area contributed by atoms with Crippen molar-refractivity contribution in [3.63, 3.8) is 0 Å². The second kappa shape index (κ2) is 9.42. The van der Waals surface area contributed by atoms with E-state index in [2.05, 4.69) is 15.8 Å². The maximum Gasteiger partial charge on any atom is 0.325 e. The zero-order chi connectivity index (χ0) is 22.4. The first kappa shape index (κ1) is 22.0. The Bertz CT molecular complexity index is 982. The molecular weight excluding hydrogens is 396 g/mol. The smallest absolute Gasteiger partial charge is 0.325 e. The fraction of sp³-hybridized carbons (Fsp3) is 0.304. The number of carbonyl (C=O) groups is 3. The highest BCUT2D eigenvalue weighted by molar-refractivity contribution is 6.06. The Balaban J connectivity index is 1.42. The normalized spacial score (nSPS) is 15.3. The number of amides is 4. The van der Waals surface area contributed by atoms with Gasteiger partial charge >= 0.3 is 6.03 Å². The topological polar surface area (TPSA) is 100 Å². The molecule has 1 heterocycles. The minimum atomic E-state index is -0.943. The van der Waals surface area contributed by atoms with E-state index in [9.17, 15) is 14.4 Å². The molecule has 1 aliphatic rings. The lowest BCUT2D eigenvalue weighted by Crippen LogP contribution is -2.40. The summed E-state index contributed by atoms with van der Waals surface area (Å²) in [6, 6.07) is 15.0. The van der Waals surface area contributed by atoms with Gasteiger partial charge in [-0.25, -0.2) is 10.2 Å². The maximum atomic E-state index is 12.1. The third-order valence-electron chi connectivity index (χ3n) is 4.82. The van der Waals surface area contributed by atoms with Gasteiger partial charge in [0.25, 0.3) is 5.91 Å². The number of rotatable bonds is 8. The van der Waals surface area contributed by atoms with Crippen molar-refractivity contribution in [3.8, 4) is 5.75 Å². The molecule has 2 aromatic carbocycles. The summed E-state index contributed by atoms with van der Waals surface area (Å²) in [5.41, 5.74) is 4.55. The first-order chi connectivity index (χ1) is 14.7. The number of imide groups is 1. The van der Waals surface area contributed by atoms with Gasteiger partial charge in [0, 0.05) is 13.0 Å². The van der Waals surface area contributed by atoms with Gasteiger partial charge in [0.15, 0.2) is 0 Å². The molecule has 0 radical (unpaired) electrons. The highest BCUT2D eigenvalue weighted by Gasteiger charge is 2.43. The molecule has 0 aliphatic carbocycles. The molecule has 8 nitrogen and oxygen atoms in total. The van der Waals surface area contributed by atoms with Gasteiger partial charge in [-0.3, -0.25) is 14.5 Å². The standard InChI is InChI=1S/C23H26N4O4/c1-16-4-6-18(7-5-16)15-31-19-10-8-17(9-11-19)14-24-26-20(28)12-13-27-21(29)23(2,3)25-22(27)30/h4-11,14H,12-13,15H2,1-3H3,(H,25,30)(H,26,28)/b24-14-. The van der Waals surface area contributed by atoms with Gasteiger partial charge < -0.3 is 10.1 Å². The van der Waals surface area contributed by atoms with Gasteiger partial charge in [-0.05, 0) is 56.2 Å². The van der Waals surface area contributed by atoms with Crippen LogP contribution in [0, 0.1) is 6.92 Å². The zero-order valence-corrected chi connectivity index (χ0v) is 17.8. The molecule has 1 saturated heterocycles. The number of nitrogens with one attached hydrogen (secondary N) is 2. The number of hydrogen-bond donors (Lipinski definition) is 2. The van der Waals surface area contributed by atoms with Crippen molar-refractivity contribution in [1.82, 2.24) is 15.6 Å². The zero-order valence-electron chi connectivity index (χ0n) is 17.8. The number of carbonyl (C=O) groups excluding carboxylic acids is 3. The molecule has 0 atom stereocenters. The summed E-state index contributed by atoms with van der Waals surface area (Å²) in [6.45, 7) is 5.77. The lowest BCUT2D eigenvalue weighted by Gasteiger charge is -2.15. The van der Waals surface area contributed by atoms with Gasteiger partial charge in [0.05, 0.1) is 6.21 Å². The predicted molar refractivity (Wildman–Crippen MR) is 117 cm³/mol. The maximum absolute atomic E-state index is 12.1. The molecule has 0 spiro atoms. The summed E-state index contributed by atoms with van der Waals surface area (Å²) >= 11 is 0. The third kappa shape index (κ3) is 5.91. The molecule has 1 fully saturated rings. The molecule has 0 saturated carbocycles. The van der Waals surface area contributed by atoms with Crippen molar-refractivity contribution in [2.45, 2.75) is 39.3 Å². The van der Waals surface area contributed by atoms with Crippen LogP contribution in [0.1, 0.15) is 37.0 Å². The number of hydrogen-bond acceptors (Lipinski definition) is 5. The Hall–Kier alpha value is -3.68. The van der Waals surface area contributed by atoms with Gasteiger partial charge in [-0.2, -0.15) is 5.10 Å². The Morgan fingerprint density at radius 2 is 1.81 bits per heavy atom. The van der Waals surface area contributed by atoms with E-state index in [-0.39, 0.29) is 24.8 Å². The molecule has 31 heavy (non-hydrogen) atoms. The van der Waals surface area contributed by atoms with Crippen LogP contribution in [-0.4, -0.2) is 41.0 Å². The van der Waals surface area contributed by atoms with Crippen LogP contribution in [0.3, 0.4) is 0 Å². The molecule has 2 N–H and O–H groups in total. The number of urea groups is 1. The first-order valence-corrected chi connectivity index (χ1v) is 9.99. The van der Waals surface area contributed by atoms with Crippen LogP contribution >= 0.6 is 0 Å². The van der Waals surface area contributed by atoms with E-state index in [0.29, 0.717) is 6.61 Å². The highest BCUT2D eigenvalue weighted by Crippen LogP contribution is 2.17. The second-order valence-electron chi connectivity index (χ2n) is 7.90. The lowest BCUT2D eigenvalue weighted by atomic mass is 10.1. The van der Waals surface area contributed by atoms with E-state index in [1.807, 2.05) is 55.5 Å². The monoisotopic (exact) mass is 422 g/mol. The molecular formula is C23H26N4O4. The number of benzene rings is 2. The molecule has 162 valence electrons. The van der Waals surface area contributed by atoms with E-state index < -0.39 is 11.6 Å². The van der Waals surface area contributed by atoms with Crippen LogP contribution in [0.5, 0.6) is 5.75 Å². The summed E-state index contributed by atoms with van der Waals surface area (Å²) in [6.07, 6.45) is 1.48. The Kier molecular flexibility index (Phi) is 6.69. The minimum Gasteiger partial charge on any atom is -0.489 e. The van der Waals surface area contributed by atoms with Gasteiger partial charge in [-0.15, -0.1) is 0 Å². The van der Waals surface area contributed by atoms with Gasteiger partial charge in [0.1, 0.15) is 17.9 Å². The fourth-order valence-corrected chi connectivity index (χ4v) is 2.97. The van der Waals surface area contributed by atoms with Crippen LogP contribution in [0.2, 0.25) is 0 Å². The Labute approximate surface area is 181 Å². The SMILES string of the molecule is Cc1ccc(COc2ccc(/C=N\NC(=O)CCN3C(=O)NC(C)(C)C3=O)cc2)cc1. The van der Waals surface area contributed by atoms with Crippen LogP contribution in [0.4, 0.5) is 4.79 Å². The largest absolute Gasteiger partial charge is 0.489 e. The molecule has 3 rings (SSSR count). The van der Waals surface area contributed by atoms with Crippen molar-refractivity contribution in [3.05, 3.63) is 65.2 Å². The molecule has 1 aliphatic heterocycles. The predicted octanol–water partition coefficient (Wildman–Crippen LogP) is 2.74. The summed E-state index contributed by atoms with van der Waals surface area (Å²) in [7, 11) is 0. The summed E-state index contributed by atoms with van der Waals surface area (Å²) in [5, 5.41) is 6.49. The Morgan fingerprint density at radius 3 is 2.42 bits per heavy atom. The van der Waals surface area contributed by atoms with Crippen molar-refractivity contribution < 1.29 is 19.1 Å². The number of aryl methyl sites for hydroxylation is 1. The van der Waals surface area contributed by atoms with E-state index in [0.717, 1.165) is 21.8 Å². The molecule has 8 heteroatoms. The van der Waals surface area contributed by atoms with Crippen molar-refractivity contribution in [2.75, 3.05) is 6.54 Å². The van der Waals surface area contributed by atoms with Gasteiger partial charge in [-0.1, -0.05) is 29.8 Å². The van der Waals surface area contributed by atoms with Crippen LogP contribution in [0.25, 0.3) is 0 Å². The van der Waals surface area contributed by atoms with Gasteiger partial charge in [0.2, 0.25) is 5.91 Å².